The minimum absolute atomic E-state index is 0.123. The van der Waals surface area contributed by atoms with Gasteiger partial charge in [0, 0.05) is 30.7 Å². The summed E-state index contributed by atoms with van der Waals surface area (Å²) >= 11 is 0. The Kier molecular flexibility index (Phi) is 5.42. The Labute approximate surface area is 170 Å². The SMILES string of the molecule is CCOc1ccc(NC(=O)N2CCn3cccc3[C@@H]2c2ccc(OC)cc2)cc1. The molecule has 0 saturated heterocycles. The third-order valence-electron chi connectivity index (χ3n) is 5.15. The minimum atomic E-state index is -0.160. The van der Waals surface area contributed by atoms with Gasteiger partial charge in [-0.1, -0.05) is 12.1 Å². The molecule has 2 heterocycles. The van der Waals surface area contributed by atoms with Crippen LogP contribution in [-0.2, 0) is 6.54 Å². The molecular formula is C23H25N3O3. The lowest BCUT2D eigenvalue weighted by Gasteiger charge is -2.37. The summed E-state index contributed by atoms with van der Waals surface area (Å²) < 4.78 is 13.0. The van der Waals surface area contributed by atoms with E-state index < -0.39 is 0 Å². The lowest BCUT2D eigenvalue weighted by atomic mass is 10.00. The van der Waals surface area contributed by atoms with Crippen LogP contribution in [0.5, 0.6) is 11.5 Å². The minimum Gasteiger partial charge on any atom is -0.497 e. The summed E-state index contributed by atoms with van der Waals surface area (Å²) in [6.45, 7) is 3.96. The van der Waals surface area contributed by atoms with Crippen LogP contribution in [0.15, 0.2) is 66.9 Å². The van der Waals surface area contributed by atoms with Gasteiger partial charge in [-0.25, -0.2) is 4.79 Å². The van der Waals surface area contributed by atoms with Crippen molar-refractivity contribution >= 4 is 11.7 Å². The molecule has 0 bridgehead atoms. The quantitative estimate of drug-likeness (QED) is 0.695. The van der Waals surface area contributed by atoms with Crippen LogP contribution in [0.1, 0.15) is 24.2 Å². The van der Waals surface area contributed by atoms with Crippen LogP contribution in [0.25, 0.3) is 0 Å². The summed E-state index contributed by atoms with van der Waals surface area (Å²) in [6.07, 6.45) is 2.06. The first kappa shape index (κ1) is 18.9. The van der Waals surface area contributed by atoms with Crippen LogP contribution in [0.3, 0.4) is 0 Å². The maximum Gasteiger partial charge on any atom is 0.322 e. The average Bonchev–Trinajstić information content (AvgIpc) is 3.23. The maximum absolute atomic E-state index is 13.2. The molecule has 150 valence electrons. The molecule has 0 spiro atoms. The number of fused-ring (bicyclic) bond motifs is 1. The van der Waals surface area contributed by atoms with Gasteiger partial charge in [0.1, 0.15) is 11.5 Å². The highest BCUT2D eigenvalue weighted by molar-refractivity contribution is 5.90. The summed E-state index contributed by atoms with van der Waals surface area (Å²) in [5.41, 5.74) is 2.89. The second-order valence-corrected chi connectivity index (χ2v) is 6.88. The number of rotatable bonds is 5. The van der Waals surface area contributed by atoms with E-state index in [0.29, 0.717) is 13.2 Å². The third kappa shape index (κ3) is 3.92. The van der Waals surface area contributed by atoms with Crippen molar-refractivity contribution in [3.8, 4) is 11.5 Å². The fourth-order valence-electron chi connectivity index (χ4n) is 3.74. The Hall–Kier alpha value is -3.41. The van der Waals surface area contributed by atoms with Gasteiger partial charge in [0.15, 0.2) is 0 Å². The first-order chi connectivity index (χ1) is 14.2. The van der Waals surface area contributed by atoms with E-state index in [-0.39, 0.29) is 12.1 Å². The highest BCUT2D eigenvalue weighted by Crippen LogP contribution is 2.33. The molecule has 1 N–H and O–H groups in total. The fraction of sp³-hybridized carbons (Fsp3) is 0.261. The van der Waals surface area contributed by atoms with E-state index in [1.165, 1.54) is 0 Å². The van der Waals surface area contributed by atoms with Gasteiger partial charge < -0.3 is 24.3 Å². The fourth-order valence-corrected chi connectivity index (χ4v) is 3.74. The Morgan fingerprint density at radius 3 is 2.45 bits per heavy atom. The van der Waals surface area contributed by atoms with Crippen molar-refractivity contribution < 1.29 is 14.3 Å². The predicted molar refractivity (Wildman–Crippen MR) is 113 cm³/mol. The normalized spacial score (nSPS) is 15.5. The zero-order chi connectivity index (χ0) is 20.2. The van der Waals surface area contributed by atoms with E-state index >= 15 is 0 Å². The first-order valence-electron chi connectivity index (χ1n) is 9.79. The number of carbonyl (C=O) groups excluding carboxylic acids is 1. The monoisotopic (exact) mass is 391 g/mol. The molecule has 4 rings (SSSR count). The van der Waals surface area contributed by atoms with E-state index in [1.807, 2.05) is 66.4 Å². The van der Waals surface area contributed by atoms with Crippen LogP contribution in [0.4, 0.5) is 10.5 Å². The summed E-state index contributed by atoms with van der Waals surface area (Å²) in [7, 11) is 1.65. The van der Waals surface area contributed by atoms with Gasteiger partial charge in [-0.2, -0.15) is 0 Å². The van der Waals surface area contributed by atoms with E-state index in [9.17, 15) is 4.79 Å². The van der Waals surface area contributed by atoms with Gasteiger partial charge in [0.05, 0.1) is 19.8 Å². The molecule has 0 saturated carbocycles. The van der Waals surface area contributed by atoms with E-state index in [2.05, 4.69) is 22.1 Å². The van der Waals surface area contributed by atoms with Crippen molar-refractivity contribution in [2.45, 2.75) is 19.5 Å². The lowest BCUT2D eigenvalue weighted by molar-refractivity contribution is 0.182. The molecule has 1 atom stereocenters. The van der Waals surface area contributed by atoms with E-state index in [0.717, 1.165) is 35.0 Å². The zero-order valence-corrected chi connectivity index (χ0v) is 16.7. The molecule has 1 aliphatic rings. The van der Waals surface area contributed by atoms with Crippen LogP contribution >= 0.6 is 0 Å². The van der Waals surface area contributed by atoms with Gasteiger partial charge in [0.2, 0.25) is 0 Å². The Bertz CT molecular complexity index is 964. The number of methoxy groups -OCH3 is 1. The first-order valence-corrected chi connectivity index (χ1v) is 9.79. The second-order valence-electron chi connectivity index (χ2n) is 6.88. The van der Waals surface area contributed by atoms with Crippen molar-refractivity contribution in [2.24, 2.45) is 0 Å². The standard InChI is InChI=1S/C23H25N3O3/c1-3-29-20-12-8-18(9-13-20)24-23(27)26-16-15-25-14-4-5-21(25)22(26)17-6-10-19(28-2)11-7-17/h4-14,22H,3,15-16H2,1-2H3,(H,24,27)/t22-/m0/s1. The van der Waals surface area contributed by atoms with Crippen LogP contribution in [-0.4, -0.2) is 35.8 Å². The van der Waals surface area contributed by atoms with Gasteiger partial charge in [-0.3, -0.25) is 0 Å². The van der Waals surface area contributed by atoms with Crippen LogP contribution < -0.4 is 14.8 Å². The zero-order valence-electron chi connectivity index (χ0n) is 16.7. The van der Waals surface area contributed by atoms with E-state index in [1.54, 1.807) is 7.11 Å². The number of urea groups is 1. The highest BCUT2D eigenvalue weighted by Gasteiger charge is 2.32. The largest absolute Gasteiger partial charge is 0.497 e. The molecule has 0 unspecified atom stereocenters. The summed E-state index contributed by atoms with van der Waals surface area (Å²) in [4.78, 5) is 15.0. The molecule has 0 radical (unpaired) electrons. The third-order valence-corrected chi connectivity index (χ3v) is 5.15. The predicted octanol–water partition coefficient (Wildman–Crippen LogP) is 4.53. The number of hydrogen-bond donors (Lipinski definition) is 1. The molecule has 29 heavy (non-hydrogen) atoms. The van der Waals surface area contributed by atoms with Crippen molar-refractivity contribution in [1.82, 2.24) is 9.47 Å². The molecule has 2 aromatic carbocycles. The van der Waals surface area contributed by atoms with Gasteiger partial charge >= 0.3 is 6.03 Å². The highest BCUT2D eigenvalue weighted by atomic mass is 16.5. The number of anilines is 1. The summed E-state index contributed by atoms with van der Waals surface area (Å²) in [5, 5.41) is 3.02. The van der Waals surface area contributed by atoms with Gasteiger partial charge in [0.25, 0.3) is 0 Å². The topological polar surface area (TPSA) is 55.7 Å². The van der Waals surface area contributed by atoms with Crippen molar-refractivity contribution in [2.75, 3.05) is 25.6 Å². The molecular weight excluding hydrogens is 366 g/mol. The van der Waals surface area contributed by atoms with Crippen LogP contribution in [0, 0.1) is 0 Å². The molecule has 6 heteroatoms. The number of carbonyl (C=O) groups is 1. The Morgan fingerprint density at radius 1 is 1.03 bits per heavy atom. The lowest BCUT2D eigenvalue weighted by Crippen LogP contribution is -2.44. The maximum atomic E-state index is 13.2. The van der Waals surface area contributed by atoms with Crippen molar-refractivity contribution in [3.05, 3.63) is 78.1 Å². The van der Waals surface area contributed by atoms with E-state index in [4.69, 9.17) is 9.47 Å². The number of ether oxygens (including phenoxy) is 2. The van der Waals surface area contributed by atoms with Crippen molar-refractivity contribution in [3.63, 3.8) is 0 Å². The molecule has 0 fully saturated rings. The number of amides is 2. The van der Waals surface area contributed by atoms with Crippen LogP contribution in [0.2, 0.25) is 0 Å². The Morgan fingerprint density at radius 2 is 1.76 bits per heavy atom. The molecule has 6 nitrogen and oxygen atoms in total. The molecule has 1 aromatic heterocycles. The number of nitrogens with zero attached hydrogens (tertiary/aromatic N) is 2. The molecule has 1 aliphatic heterocycles. The molecule has 0 aliphatic carbocycles. The number of aromatic nitrogens is 1. The summed E-state index contributed by atoms with van der Waals surface area (Å²) in [5.74, 6) is 1.59. The van der Waals surface area contributed by atoms with Gasteiger partial charge in [-0.15, -0.1) is 0 Å². The van der Waals surface area contributed by atoms with Crippen molar-refractivity contribution in [1.29, 1.82) is 0 Å². The Balaban J connectivity index is 1.59. The smallest absolute Gasteiger partial charge is 0.322 e. The number of benzene rings is 2. The number of nitrogens with one attached hydrogen (secondary N) is 1. The number of hydrogen-bond acceptors (Lipinski definition) is 3. The van der Waals surface area contributed by atoms with Gasteiger partial charge in [-0.05, 0) is 61.0 Å². The molecule has 3 aromatic rings. The molecule has 2 amide bonds. The summed E-state index contributed by atoms with van der Waals surface area (Å²) in [6, 6.07) is 19.2. The second kappa shape index (κ2) is 8.31. The average molecular weight is 391 g/mol.